The molecule has 124 valence electrons. The normalized spacial score (nSPS) is 12.5. The highest BCUT2D eigenvalue weighted by Gasteiger charge is 2.21. The lowest BCUT2D eigenvalue weighted by atomic mass is 10.1. The fourth-order valence-electron chi connectivity index (χ4n) is 2.47. The molecular weight excluding hydrogens is 360 g/mol. The van der Waals surface area contributed by atoms with E-state index in [0.717, 1.165) is 21.1 Å². The minimum atomic E-state index is -0.233. The molecule has 2 heterocycles. The predicted molar refractivity (Wildman–Crippen MR) is 103 cm³/mol. The zero-order valence-corrected chi connectivity index (χ0v) is 16.3. The molecule has 0 N–H and O–H groups in total. The Kier molecular flexibility index (Phi) is 4.95. The second-order valence-corrected chi connectivity index (χ2v) is 8.64. The van der Waals surface area contributed by atoms with Gasteiger partial charge in [0.15, 0.2) is 5.78 Å². The number of Topliss-reactive ketones (excluding diaryl/α,β-unsaturated/α-hetero) is 1. The topological polar surface area (TPSA) is 42.9 Å². The number of benzene rings is 1. The molecule has 3 nitrogen and oxygen atoms in total. The summed E-state index contributed by atoms with van der Waals surface area (Å²) < 4.78 is 0. The van der Waals surface area contributed by atoms with Gasteiger partial charge in [0.1, 0.15) is 15.7 Å². The highest BCUT2D eigenvalue weighted by atomic mass is 35.5. The number of halogens is 1. The quantitative estimate of drug-likeness (QED) is 0.336. The lowest BCUT2D eigenvalue weighted by Crippen LogP contribution is -2.13. The number of carbonyl (C=O) groups excluding carboxylic acids is 1. The first-order chi connectivity index (χ1) is 11.4. The Balaban J connectivity index is 1.94. The average molecular weight is 377 g/mol. The number of rotatable bonds is 4. The van der Waals surface area contributed by atoms with Gasteiger partial charge in [-0.1, -0.05) is 23.4 Å². The minimum Gasteiger partial charge on any atom is -0.293 e. The largest absolute Gasteiger partial charge is 0.293 e. The zero-order chi connectivity index (χ0) is 17.4. The molecule has 24 heavy (non-hydrogen) atoms. The summed E-state index contributed by atoms with van der Waals surface area (Å²) in [5.41, 5.74) is 1.86. The van der Waals surface area contributed by atoms with Gasteiger partial charge in [0.2, 0.25) is 0 Å². The number of carbonyl (C=O) groups is 1. The van der Waals surface area contributed by atoms with Crippen molar-refractivity contribution >= 4 is 50.7 Å². The Hall–Kier alpha value is -1.43. The van der Waals surface area contributed by atoms with Crippen molar-refractivity contribution in [3.63, 3.8) is 0 Å². The van der Waals surface area contributed by atoms with Crippen LogP contribution in [-0.2, 0) is 0 Å². The molecule has 0 unspecified atom stereocenters. The van der Waals surface area contributed by atoms with Crippen molar-refractivity contribution in [2.24, 2.45) is 0 Å². The molecule has 0 saturated heterocycles. The first-order valence-corrected chi connectivity index (χ1v) is 9.65. The van der Waals surface area contributed by atoms with E-state index in [2.05, 4.69) is 23.8 Å². The number of thiophene rings is 1. The second kappa shape index (κ2) is 6.82. The highest BCUT2D eigenvalue weighted by Crippen LogP contribution is 2.37. The first kappa shape index (κ1) is 17.4. The number of hydrogen-bond acceptors (Lipinski definition) is 5. The van der Waals surface area contributed by atoms with Crippen molar-refractivity contribution in [3.8, 4) is 0 Å². The molecule has 3 rings (SSSR count). The second-order valence-electron chi connectivity index (χ2n) is 5.67. The molecule has 0 spiro atoms. The molecule has 0 aliphatic carbocycles. The third-order valence-electron chi connectivity index (χ3n) is 3.89. The van der Waals surface area contributed by atoms with Gasteiger partial charge in [0.05, 0.1) is 5.25 Å². The van der Waals surface area contributed by atoms with Gasteiger partial charge >= 0.3 is 0 Å². The Morgan fingerprint density at radius 2 is 1.83 bits per heavy atom. The number of hydrogen-bond donors (Lipinski definition) is 0. The monoisotopic (exact) mass is 376 g/mol. The SMILES string of the molecule is Cc1nc(S[C@H](C)C(=O)c2ccc(Cl)cc2)c2c(C)c(C)sc2n1. The molecule has 6 heteroatoms. The molecule has 0 bridgehead atoms. The van der Waals surface area contributed by atoms with E-state index >= 15 is 0 Å². The molecule has 0 radical (unpaired) electrons. The van der Waals surface area contributed by atoms with Gasteiger partial charge in [-0.05, 0) is 57.5 Å². The third kappa shape index (κ3) is 3.34. The van der Waals surface area contributed by atoms with E-state index in [1.165, 1.54) is 22.2 Å². The molecule has 0 fully saturated rings. The molecule has 0 amide bonds. The van der Waals surface area contributed by atoms with E-state index in [-0.39, 0.29) is 11.0 Å². The van der Waals surface area contributed by atoms with Crippen LogP contribution in [0.5, 0.6) is 0 Å². The molecule has 0 aliphatic rings. The summed E-state index contributed by atoms with van der Waals surface area (Å²) >= 11 is 9.07. The molecule has 0 saturated carbocycles. The van der Waals surface area contributed by atoms with Gasteiger partial charge in [-0.25, -0.2) is 9.97 Å². The van der Waals surface area contributed by atoms with Crippen LogP contribution in [0.25, 0.3) is 10.2 Å². The fraction of sp³-hybridized carbons (Fsp3) is 0.278. The Morgan fingerprint density at radius 1 is 1.17 bits per heavy atom. The predicted octanol–water partition coefficient (Wildman–Crippen LogP) is 5.63. The van der Waals surface area contributed by atoms with E-state index in [1.54, 1.807) is 35.6 Å². The van der Waals surface area contributed by atoms with Gasteiger partial charge < -0.3 is 0 Å². The molecule has 1 atom stereocenters. The zero-order valence-electron chi connectivity index (χ0n) is 13.9. The van der Waals surface area contributed by atoms with Crippen molar-refractivity contribution in [1.29, 1.82) is 0 Å². The summed E-state index contributed by atoms with van der Waals surface area (Å²) in [5, 5.41) is 2.35. The van der Waals surface area contributed by atoms with Crippen molar-refractivity contribution in [2.45, 2.75) is 38.0 Å². The molecule has 1 aromatic carbocycles. The van der Waals surface area contributed by atoms with E-state index in [0.29, 0.717) is 10.6 Å². The lowest BCUT2D eigenvalue weighted by molar-refractivity contribution is 0.0994. The van der Waals surface area contributed by atoms with Crippen molar-refractivity contribution < 1.29 is 4.79 Å². The number of ketones is 1. The number of fused-ring (bicyclic) bond motifs is 1. The van der Waals surface area contributed by atoms with Gasteiger partial charge in [0, 0.05) is 20.8 Å². The van der Waals surface area contributed by atoms with Gasteiger partial charge in [-0.15, -0.1) is 11.3 Å². The van der Waals surface area contributed by atoms with Crippen LogP contribution in [0.3, 0.4) is 0 Å². The number of thioether (sulfide) groups is 1. The van der Waals surface area contributed by atoms with Crippen LogP contribution in [-0.4, -0.2) is 21.0 Å². The fourth-order valence-corrected chi connectivity index (χ4v) is 4.87. The maximum Gasteiger partial charge on any atom is 0.175 e. The van der Waals surface area contributed by atoms with Crippen molar-refractivity contribution in [3.05, 3.63) is 51.1 Å². The Labute approximate surface area is 154 Å². The highest BCUT2D eigenvalue weighted by molar-refractivity contribution is 8.00. The van der Waals surface area contributed by atoms with Crippen LogP contribution >= 0.6 is 34.7 Å². The molecular formula is C18H17ClN2OS2. The average Bonchev–Trinajstić information content (AvgIpc) is 2.81. The van der Waals surface area contributed by atoms with E-state index in [1.807, 2.05) is 13.8 Å². The van der Waals surface area contributed by atoms with E-state index in [4.69, 9.17) is 11.6 Å². The summed E-state index contributed by atoms with van der Waals surface area (Å²) in [6.07, 6.45) is 0. The number of aryl methyl sites for hydroxylation is 3. The summed E-state index contributed by atoms with van der Waals surface area (Å²) in [7, 11) is 0. The maximum absolute atomic E-state index is 12.7. The number of nitrogens with zero attached hydrogens (tertiary/aromatic N) is 2. The molecule has 2 aromatic heterocycles. The van der Waals surface area contributed by atoms with Gasteiger partial charge in [-0.2, -0.15) is 0 Å². The standard InChI is InChI=1S/C18H17ClN2OS2/c1-9-10(2)23-17-15(9)18(21-12(4)20-17)24-11(3)16(22)13-5-7-14(19)8-6-13/h5-8,11H,1-4H3/t11-/m1/s1. The van der Waals surface area contributed by atoms with Crippen LogP contribution in [0.4, 0.5) is 0 Å². The summed E-state index contributed by atoms with van der Waals surface area (Å²) in [4.78, 5) is 24.0. The first-order valence-electron chi connectivity index (χ1n) is 7.57. The smallest absolute Gasteiger partial charge is 0.175 e. The third-order valence-corrected chi connectivity index (χ3v) is 6.33. The van der Waals surface area contributed by atoms with Crippen LogP contribution in [0.1, 0.15) is 33.5 Å². The van der Waals surface area contributed by atoms with Gasteiger partial charge in [-0.3, -0.25) is 4.79 Å². The summed E-state index contributed by atoms with van der Waals surface area (Å²) in [6.45, 7) is 7.98. The Morgan fingerprint density at radius 3 is 2.50 bits per heavy atom. The van der Waals surface area contributed by atoms with E-state index in [9.17, 15) is 4.79 Å². The maximum atomic E-state index is 12.7. The van der Waals surface area contributed by atoms with E-state index < -0.39 is 0 Å². The summed E-state index contributed by atoms with van der Waals surface area (Å²) in [5.74, 6) is 0.808. The van der Waals surface area contributed by atoms with Gasteiger partial charge in [0.25, 0.3) is 0 Å². The molecule has 3 aromatic rings. The number of aromatic nitrogens is 2. The van der Waals surface area contributed by atoms with Crippen molar-refractivity contribution in [1.82, 2.24) is 9.97 Å². The van der Waals surface area contributed by atoms with Crippen molar-refractivity contribution in [2.75, 3.05) is 0 Å². The lowest BCUT2D eigenvalue weighted by Gasteiger charge is -2.11. The van der Waals surface area contributed by atoms with Crippen LogP contribution in [0.2, 0.25) is 5.02 Å². The Bertz CT molecular complexity index is 919. The van der Waals surface area contributed by atoms with Crippen LogP contribution in [0, 0.1) is 20.8 Å². The van der Waals surface area contributed by atoms with Crippen LogP contribution < -0.4 is 0 Å². The summed E-state index contributed by atoms with van der Waals surface area (Å²) in [6, 6.07) is 7.02. The van der Waals surface area contributed by atoms with Crippen LogP contribution in [0.15, 0.2) is 29.3 Å². The molecule has 0 aliphatic heterocycles. The minimum absolute atomic E-state index is 0.0747.